The van der Waals surface area contributed by atoms with Crippen LogP contribution in [-0.2, 0) is 5.66 Å². The Morgan fingerprint density at radius 1 is 0.500 bits per heavy atom. The second-order valence-electron chi connectivity index (χ2n) is 15.1. The Morgan fingerprint density at radius 3 is 2.00 bits per heavy atom. The number of ether oxygens (including phenoxy) is 1. The zero-order chi connectivity index (χ0) is 33.2. The Kier molecular flexibility index (Phi) is 3.83. The SMILES string of the molecule is c1ccc2c(c1)C1=c3ccccc3=[N+]3C1c1c-2ccc2c1C31c3c(ccc4c5c6ccccc6c6ccccc6c5c5c6ccccc6[n+]1n5c34)O2. The molecule has 4 heteroatoms. The monoisotopic (exact) mass is 659 g/mol. The molecule has 0 N–H and O–H groups in total. The third kappa shape index (κ3) is 2.32. The van der Waals surface area contributed by atoms with Crippen LogP contribution in [0, 0.1) is 0 Å². The van der Waals surface area contributed by atoms with Gasteiger partial charge in [-0.15, -0.1) is 9.09 Å². The highest BCUT2D eigenvalue weighted by molar-refractivity contribution is 6.36. The van der Waals surface area contributed by atoms with Crippen molar-refractivity contribution in [1.29, 1.82) is 0 Å². The van der Waals surface area contributed by atoms with Gasteiger partial charge in [-0.2, -0.15) is 0 Å². The molecule has 10 aromatic rings. The molecule has 4 nitrogen and oxygen atoms in total. The summed E-state index contributed by atoms with van der Waals surface area (Å²) in [7, 11) is 0. The fraction of sp³-hybridized carbons (Fsp3) is 0.0417. The van der Waals surface area contributed by atoms with Crippen LogP contribution in [0.5, 0.6) is 11.5 Å². The Morgan fingerprint density at radius 2 is 1.15 bits per heavy atom. The van der Waals surface area contributed by atoms with E-state index >= 15 is 0 Å². The fourth-order valence-electron chi connectivity index (χ4n) is 11.6. The predicted octanol–water partition coefficient (Wildman–Crippen LogP) is 8.60. The molecule has 2 atom stereocenters. The minimum absolute atomic E-state index is 0.0456. The molecular formula is C48H25N3O+2. The smallest absolute Gasteiger partial charge is 0.443 e. The van der Waals surface area contributed by atoms with Crippen LogP contribution in [0.3, 0.4) is 0 Å². The highest BCUT2D eigenvalue weighted by Crippen LogP contribution is 2.64. The number of hydrogen-bond donors (Lipinski definition) is 0. The molecule has 0 fully saturated rings. The number of fused-ring (bicyclic) bond motifs is 15. The lowest BCUT2D eigenvalue weighted by molar-refractivity contribution is -0.781. The lowest BCUT2D eigenvalue weighted by atomic mass is 9.76. The maximum absolute atomic E-state index is 7.12. The lowest BCUT2D eigenvalue weighted by Crippen LogP contribution is -2.66. The number of benzene rings is 8. The van der Waals surface area contributed by atoms with Gasteiger partial charge in [0.2, 0.25) is 16.9 Å². The standard InChI is InChI=1S/C48H25N3O/c1-4-14-28-25(11-1)26-12-2-6-16-30(26)41-39(28)34-22-24-38-44-46(34)50-45(41)33-18-8-10-20-36(33)51(50)48(44)43-37(52-38)23-21-31-27-13-3-5-15-29(27)40-32-17-7-9-19-35(32)49(48)47(40)42(31)43/h1-24,47H/q+2. The summed E-state index contributed by atoms with van der Waals surface area (Å²) in [5, 5.41) is 12.9. The van der Waals surface area contributed by atoms with Crippen molar-refractivity contribution in [3.8, 4) is 22.6 Å². The van der Waals surface area contributed by atoms with E-state index in [0.717, 1.165) is 11.5 Å². The number of aromatic nitrogens is 2. The quantitative estimate of drug-likeness (QED) is 0.118. The summed E-state index contributed by atoms with van der Waals surface area (Å²) in [5.74, 6) is 1.89. The number of hydrogen-bond acceptors (Lipinski definition) is 1. The molecule has 6 heterocycles. The second-order valence-corrected chi connectivity index (χ2v) is 15.1. The van der Waals surface area contributed by atoms with Crippen LogP contribution in [-0.4, -0.2) is 4.52 Å². The van der Waals surface area contributed by atoms with Crippen LogP contribution in [0.25, 0.3) is 76.3 Å². The van der Waals surface area contributed by atoms with Crippen LogP contribution >= 0.6 is 0 Å². The molecule has 15 rings (SSSR count). The molecule has 1 aliphatic carbocycles. The van der Waals surface area contributed by atoms with Crippen LogP contribution in [0.15, 0.2) is 146 Å². The number of nitrogens with zero attached hydrogens (tertiary/aromatic N) is 3. The Hall–Kier alpha value is -6.78. The van der Waals surface area contributed by atoms with Gasteiger partial charge in [0.25, 0.3) is 0 Å². The second kappa shape index (κ2) is 7.91. The molecule has 1 spiro atoms. The van der Waals surface area contributed by atoms with Crippen molar-refractivity contribution in [1.82, 2.24) is 9.09 Å². The van der Waals surface area contributed by atoms with Gasteiger partial charge in [-0.1, -0.05) is 103 Å². The highest BCUT2D eigenvalue weighted by Gasteiger charge is 2.76. The van der Waals surface area contributed by atoms with Gasteiger partial charge in [0.15, 0.2) is 11.1 Å². The van der Waals surface area contributed by atoms with Crippen LogP contribution in [0.2, 0.25) is 0 Å². The van der Waals surface area contributed by atoms with Crippen molar-refractivity contribution < 1.29 is 9.42 Å². The maximum Gasteiger partial charge on any atom is 0.443 e. The van der Waals surface area contributed by atoms with Crippen LogP contribution in [0.1, 0.15) is 28.3 Å². The molecule has 0 amide bonds. The van der Waals surface area contributed by atoms with Gasteiger partial charge in [0.05, 0.1) is 16.2 Å². The molecule has 236 valence electrons. The summed E-state index contributed by atoms with van der Waals surface area (Å²) in [6.07, 6.45) is 0. The summed E-state index contributed by atoms with van der Waals surface area (Å²) >= 11 is 0. The topological polar surface area (TPSA) is 20.5 Å². The third-order valence-electron chi connectivity index (χ3n) is 13.1. The summed E-state index contributed by atoms with van der Waals surface area (Å²) in [6.45, 7) is 0. The average molecular weight is 660 g/mol. The number of pyridine rings is 1. The Labute approximate surface area is 295 Å². The van der Waals surface area contributed by atoms with Crippen LogP contribution in [0.4, 0.5) is 0 Å². The van der Waals surface area contributed by atoms with Crippen molar-refractivity contribution in [2.24, 2.45) is 0 Å². The minimum atomic E-state index is -0.685. The van der Waals surface area contributed by atoms with E-state index in [1.54, 1.807) is 0 Å². The molecule has 0 saturated carbocycles. The van der Waals surface area contributed by atoms with Gasteiger partial charge in [0, 0.05) is 33.9 Å². The molecule has 2 unspecified atom stereocenters. The first-order valence-corrected chi connectivity index (χ1v) is 18.2. The predicted molar refractivity (Wildman–Crippen MR) is 205 cm³/mol. The van der Waals surface area contributed by atoms with E-state index in [0.29, 0.717) is 0 Å². The molecule has 0 bridgehead atoms. The fourth-order valence-corrected chi connectivity index (χ4v) is 11.6. The molecule has 0 saturated heterocycles. The van der Waals surface area contributed by atoms with Gasteiger partial charge in [0.1, 0.15) is 22.5 Å². The molecule has 8 aromatic carbocycles. The molecule has 5 aliphatic rings. The van der Waals surface area contributed by atoms with E-state index in [1.807, 2.05) is 0 Å². The Balaban J connectivity index is 1.30. The minimum Gasteiger partial charge on any atom is -0.455 e. The number of rotatable bonds is 0. The maximum atomic E-state index is 7.12. The van der Waals surface area contributed by atoms with E-state index in [2.05, 4.69) is 159 Å². The van der Waals surface area contributed by atoms with Gasteiger partial charge < -0.3 is 4.74 Å². The molecule has 0 radical (unpaired) electrons. The zero-order valence-corrected chi connectivity index (χ0v) is 27.7. The van der Waals surface area contributed by atoms with E-state index in [4.69, 9.17) is 4.74 Å². The van der Waals surface area contributed by atoms with Crippen molar-refractivity contribution in [3.05, 3.63) is 178 Å². The third-order valence-corrected chi connectivity index (χ3v) is 13.1. The van der Waals surface area contributed by atoms with Gasteiger partial charge in [-0.05, 0) is 73.2 Å². The molecule has 2 aromatic heterocycles. The molecular weight excluding hydrogens is 635 g/mol. The first kappa shape index (κ1) is 25.2. The van der Waals surface area contributed by atoms with Gasteiger partial charge >= 0.3 is 5.66 Å². The van der Waals surface area contributed by atoms with Crippen molar-refractivity contribution >= 4 is 65.2 Å². The summed E-state index contributed by atoms with van der Waals surface area (Å²) in [5.41, 5.74) is 12.3. The molecule has 4 aliphatic heterocycles. The average Bonchev–Trinajstić information content (AvgIpc) is 3.92. The van der Waals surface area contributed by atoms with Gasteiger partial charge in [-0.3, -0.25) is 0 Å². The summed E-state index contributed by atoms with van der Waals surface area (Å²) in [6, 6.07) is 54.5. The van der Waals surface area contributed by atoms with Crippen molar-refractivity contribution in [2.75, 3.05) is 0 Å². The molecule has 52 heavy (non-hydrogen) atoms. The first-order valence-electron chi connectivity index (χ1n) is 18.2. The highest BCUT2D eigenvalue weighted by atomic mass is 16.5. The van der Waals surface area contributed by atoms with Gasteiger partial charge in [-0.25, -0.2) is 0 Å². The Bertz CT molecular complexity index is 3630. The van der Waals surface area contributed by atoms with E-state index in [1.165, 1.54) is 109 Å². The number of para-hydroxylation sites is 2. The van der Waals surface area contributed by atoms with Crippen molar-refractivity contribution in [2.45, 2.75) is 11.7 Å². The van der Waals surface area contributed by atoms with Crippen molar-refractivity contribution in [3.63, 3.8) is 0 Å². The van der Waals surface area contributed by atoms with Crippen LogP contribution < -0.4 is 24.6 Å². The summed E-state index contributed by atoms with van der Waals surface area (Å²) < 4.78 is 15.2. The largest absolute Gasteiger partial charge is 0.455 e. The van der Waals surface area contributed by atoms with E-state index < -0.39 is 5.66 Å². The zero-order valence-electron chi connectivity index (χ0n) is 27.7. The normalized spacial score (nSPS) is 19.1. The first-order chi connectivity index (χ1) is 25.9. The van der Waals surface area contributed by atoms with E-state index in [9.17, 15) is 0 Å². The summed E-state index contributed by atoms with van der Waals surface area (Å²) in [4.78, 5) is 0. The van der Waals surface area contributed by atoms with E-state index in [-0.39, 0.29) is 6.04 Å². The lowest BCUT2D eigenvalue weighted by Gasteiger charge is -2.25.